The van der Waals surface area contributed by atoms with Crippen molar-refractivity contribution in [2.45, 2.75) is 420 Å². The van der Waals surface area contributed by atoms with Crippen LogP contribution < -0.4 is 27.0 Å². The Morgan fingerprint density at radius 3 is 0.555 bits per heavy atom. The van der Waals surface area contributed by atoms with Crippen LogP contribution in [-0.2, 0) is 110 Å². The highest BCUT2D eigenvalue weighted by Crippen LogP contribution is 2.35. The summed E-state index contributed by atoms with van der Waals surface area (Å²) in [7, 11) is 0. The Hall–Kier alpha value is -7.41. The minimum Gasteiger partial charge on any atom is -0.460 e. The first-order valence-electron chi connectivity index (χ1n) is 38.6. The highest BCUT2D eigenvalue weighted by Gasteiger charge is 2.43. The third-order valence-electron chi connectivity index (χ3n) is 16.0. The summed E-state index contributed by atoms with van der Waals surface area (Å²) in [5, 5.41) is 12.2. The fraction of sp³-hybridized carbons (Fsp3) is 0.817. The highest BCUT2D eigenvalue weighted by atomic mass is 16.6. The Kier molecular flexibility index (Phi) is 40.6. The summed E-state index contributed by atoms with van der Waals surface area (Å²) in [6.07, 6.45) is -2.18. The van der Waals surface area contributed by atoms with E-state index in [9.17, 15) is 47.9 Å². The molecule has 0 radical (unpaired) electrons. The maximum Gasteiger partial charge on any atom is 0.306 e. The van der Waals surface area contributed by atoms with Crippen LogP contribution in [-0.4, -0.2) is 169 Å². The van der Waals surface area contributed by atoms with Crippen molar-refractivity contribution < 1.29 is 110 Å². The van der Waals surface area contributed by atoms with Crippen LogP contribution in [0.25, 0.3) is 0 Å². The minimum absolute atomic E-state index is 0.191. The van der Waals surface area contributed by atoms with E-state index in [-0.39, 0.29) is 122 Å². The van der Waals surface area contributed by atoms with Gasteiger partial charge < -0.3 is 74.4 Å². The molecule has 0 aromatic rings. The Morgan fingerprint density at radius 1 is 0.264 bits per heavy atom. The number of terminal acetylenes is 1. The average molecular weight is 1570 g/mol. The van der Waals surface area contributed by atoms with Crippen molar-refractivity contribution in [2.75, 3.05) is 13.2 Å². The van der Waals surface area contributed by atoms with Crippen LogP contribution >= 0.6 is 0 Å². The zero-order valence-electron chi connectivity index (χ0n) is 72.0. The summed E-state index contributed by atoms with van der Waals surface area (Å²) < 4.78 is 56.9. The number of nitrogens with two attached hydrogens (primary N) is 1. The summed E-state index contributed by atoms with van der Waals surface area (Å²) in [5.74, 6) is -6.92. The average Bonchev–Trinajstić information content (AvgIpc) is 0.823. The van der Waals surface area contributed by atoms with Gasteiger partial charge in [-0.15, -0.1) is 6.42 Å². The summed E-state index contributed by atoms with van der Waals surface area (Å²) in [6.45, 7) is 44.4. The fourth-order valence-corrected chi connectivity index (χ4v) is 11.7. The predicted octanol–water partition coefficient (Wildman–Crippen LogP) is 11.8. The van der Waals surface area contributed by atoms with Crippen LogP contribution in [0.15, 0.2) is 0 Å². The molecule has 0 rings (SSSR count). The largest absolute Gasteiger partial charge is 0.460 e. The molecule has 0 aromatic carbocycles. The van der Waals surface area contributed by atoms with Gasteiger partial charge in [0.15, 0.2) is 0 Å². The van der Waals surface area contributed by atoms with Crippen LogP contribution in [0.5, 0.6) is 0 Å². The Morgan fingerprint density at radius 2 is 0.409 bits per heavy atom. The first-order valence-corrected chi connectivity index (χ1v) is 38.6. The van der Waals surface area contributed by atoms with Crippen LogP contribution in [0.3, 0.4) is 0 Å². The van der Waals surface area contributed by atoms with E-state index < -0.39 is 201 Å². The first kappa shape index (κ1) is 103. The molecule has 0 aliphatic rings. The van der Waals surface area contributed by atoms with E-state index >= 15 is 14.4 Å². The molecule has 4 amide bonds. The molecule has 0 aromatic heterocycles. The maximum atomic E-state index is 15.4. The van der Waals surface area contributed by atoms with E-state index in [1.807, 2.05) is 0 Å². The molecule has 110 heavy (non-hydrogen) atoms. The molecule has 1 atom stereocenters. The number of ether oxygens (including phenoxy) is 10. The fourth-order valence-electron chi connectivity index (χ4n) is 11.7. The number of rotatable bonds is 44. The normalized spacial score (nSPS) is 13.2. The molecule has 0 saturated heterocycles. The third-order valence-corrected chi connectivity index (χ3v) is 16.0. The monoisotopic (exact) mass is 1560 g/mol. The van der Waals surface area contributed by atoms with Gasteiger partial charge in [-0.3, -0.25) is 62.3 Å². The summed E-state index contributed by atoms with van der Waals surface area (Å²) in [5.41, 5.74) is -8.58. The van der Waals surface area contributed by atoms with Crippen molar-refractivity contribution in [1.29, 1.82) is 0 Å². The SMILES string of the molecule is C#CCOCC(N)C(=O)NC(CCC(=O)NC(CCC(=O)OC(C)(C)C)(CCC(=O)OC(C)(C)C)CCC(=O)OC(C)(C)C)(CCC(=O)NC(CCC(=O)OC(C)(C)C)(CCC(=O)OC(C)(C)C)CCC(=O)OC(C)(C)C)CCC(=O)NC(CCC(=O)OC(C)(C)C)(CCC(=O)OC(C)(C)C)CCC(=O)OC(C)(C)C. The highest BCUT2D eigenvalue weighted by molar-refractivity contribution is 5.84. The Labute approximate surface area is 656 Å². The second kappa shape index (κ2) is 43.6. The van der Waals surface area contributed by atoms with Crippen molar-refractivity contribution >= 4 is 77.4 Å². The van der Waals surface area contributed by atoms with Crippen LogP contribution in [0, 0.1) is 12.3 Å². The van der Waals surface area contributed by atoms with Crippen LogP contribution in [0.1, 0.15) is 341 Å². The van der Waals surface area contributed by atoms with E-state index in [2.05, 4.69) is 27.2 Å². The van der Waals surface area contributed by atoms with Crippen LogP contribution in [0.2, 0.25) is 0 Å². The second-order valence-electron chi connectivity index (χ2n) is 37.9. The zero-order valence-corrected chi connectivity index (χ0v) is 72.0. The number of esters is 9. The maximum absolute atomic E-state index is 15.4. The van der Waals surface area contributed by atoms with E-state index in [1.54, 1.807) is 187 Å². The number of hydrogen-bond acceptors (Lipinski definition) is 24. The quantitative estimate of drug-likeness (QED) is 0.0164. The summed E-state index contributed by atoms with van der Waals surface area (Å²) in [4.78, 5) is 184. The molecule has 1 unspecified atom stereocenters. The predicted molar refractivity (Wildman–Crippen MR) is 415 cm³/mol. The molecule has 0 fully saturated rings. The molecule has 632 valence electrons. The summed E-state index contributed by atoms with van der Waals surface area (Å²) in [6, 6.07) is -1.50. The lowest BCUT2D eigenvalue weighted by molar-refractivity contribution is -0.158. The standard InChI is InChI=1S/C82H141N5O23/c1-29-54-101-55-56(83)69(100)87-82(42-30-57(88)84-79(45-33-60(91)102-70(2,3)4,46-34-61(92)103-71(5,6)7)47-35-62(93)104-72(8,9)10,43-31-58(89)85-80(48-36-63(94)105-73(11,12)13,49-37-64(95)106-74(14,15)16)50-38-65(96)107-75(17,18)19)44-32-59(90)86-81(51-39-66(97)108-76(20,21)22,52-40-67(98)109-77(23,24)25)53-41-68(99)110-78(26,27)28/h1,56H,30-55,83H2,2-28H3,(H,84,88)(H,85,89)(H,86,90)(H,87,100). The third kappa shape index (κ3) is 51.9. The number of amides is 4. The number of hydrogen-bond donors (Lipinski definition) is 5. The van der Waals surface area contributed by atoms with Gasteiger partial charge in [0, 0.05) is 99.2 Å². The first-order chi connectivity index (χ1) is 49.6. The van der Waals surface area contributed by atoms with Crippen molar-refractivity contribution in [2.24, 2.45) is 5.73 Å². The van der Waals surface area contributed by atoms with Gasteiger partial charge in [0.05, 0.1) is 6.61 Å². The molecule has 0 spiro atoms. The minimum atomic E-state index is -1.89. The lowest BCUT2D eigenvalue weighted by Gasteiger charge is -2.39. The zero-order chi connectivity index (χ0) is 85.6. The molecule has 0 aliphatic carbocycles. The van der Waals surface area contributed by atoms with Gasteiger partial charge in [0.25, 0.3) is 0 Å². The Balaban J connectivity index is 9.33. The van der Waals surface area contributed by atoms with Gasteiger partial charge in [0.2, 0.25) is 23.6 Å². The number of carbonyl (C=O) groups is 13. The van der Waals surface area contributed by atoms with Gasteiger partial charge in [-0.05, 0) is 264 Å². The van der Waals surface area contributed by atoms with E-state index in [4.69, 9.17) is 59.5 Å². The van der Waals surface area contributed by atoms with Crippen molar-refractivity contribution in [3.05, 3.63) is 0 Å². The molecule has 0 saturated carbocycles. The van der Waals surface area contributed by atoms with Crippen molar-refractivity contribution in [3.8, 4) is 12.3 Å². The lowest BCUT2D eigenvalue weighted by atomic mass is 9.80. The molecule has 6 N–H and O–H groups in total. The van der Waals surface area contributed by atoms with E-state index in [0.717, 1.165) is 0 Å². The molecular formula is C82H141N5O23. The summed E-state index contributed by atoms with van der Waals surface area (Å²) >= 11 is 0. The van der Waals surface area contributed by atoms with Gasteiger partial charge >= 0.3 is 53.7 Å². The van der Waals surface area contributed by atoms with E-state index in [1.165, 1.54) is 0 Å². The number of nitrogens with one attached hydrogen (secondary N) is 4. The molecule has 0 aliphatic heterocycles. The smallest absolute Gasteiger partial charge is 0.306 e. The molecule has 28 nitrogen and oxygen atoms in total. The van der Waals surface area contributed by atoms with Gasteiger partial charge in [-0.2, -0.15) is 0 Å². The lowest BCUT2D eigenvalue weighted by Crippen LogP contribution is -2.57. The van der Waals surface area contributed by atoms with E-state index in [0.29, 0.717) is 0 Å². The molecule has 0 heterocycles. The molecule has 0 bridgehead atoms. The van der Waals surface area contributed by atoms with Gasteiger partial charge in [-0.25, -0.2) is 0 Å². The number of carbonyl (C=O) groups excluding carboxylic acids is 13. The van der Waals surface area contributed by atoms with Crippen LogP contribution in [0.4, 0.5) is 0 Å². The molecular weight excluding hydrogens is 1420 g/mol. The molecule has 28 heteroatoms. The Bertz CT molecular complexity index is 2570. The van der Waals surface area contributed by atoms with Gasteiger partial charge in [0.1, 0.15) is 63.1 Å². The topological polar surface area (TPSA) is 388 Å². The van der Waals surface area contributed by atoms with Crippen molar-refractivity contribution in [1.82, 2.24) is 21.3 Å². The van der Waals surface area contributed by atoms with Gasteiger partial charge in [-0.1, -0.05) is 5.92 Å². The second-order valence-corrected chi connectivity index (χ2v) is 37.9. The van der Waals surface area contributed by atoms with Crippen molar-refractivity contribution in [3.63, 3.8) is 0 Å².